The van der Waals surface area contributed by atoms with Crippen LogP contribution in [-0.2, 0) is 4.79 Å². The number of rotatable bonds is 4. The van der Waals surface area contributed by atoms with E-state index in [-0.39, 0.29) is 17.9 Å². The number of nitrogens with one attached hydrogen (secondary N) is 1. The van der Waals surface area contributed by atoms with E-state index in [4.69, 9.17) is 0 Å². The van der Waals surface area contributed by atoms with E-state index in [1.165, 1.54) is 24.0 Å². The topological polar surface area (TPSA) is 49.3 Å². The summed E-state index contributed by atoms with van der Waals surface area (Å²) in [5, 5.41) is 14.3. The molecule has 3 nitrogen and oxygen atoms in total. The van der Waals surface area contributed by atoms with Crippen LogP contribution in [0.1, 0.15) is 86.1 Å². The number of fused-ring (bicyclic) bond motifs is 3. The van der Waals surface area contributed by atoms with E-state index < -0.39 is 0 Å². The molecule has 3 heteroatoms. The molecular weight excluding hydrogens is 298 g/mol. The fourth-order valence-corrected chi connectivity index (χ4v) is 4.74. The van der Waals surface area contributed by atoms with Crippen LogP contribution in [0.15, 0.2) is 18.7 Å². The molecule has 4 unspecified atom stereocenters. The van der Waals surface area contributed by atoms with Gasteiger partial charge in [0.2, 0.25) is 5.91 Å². The highest BCUT2D eigenvalue weighted by Gasteiger charge is 2.45. The Bertz CT molecular complexity index is 664. The van der Waals surface area contributed by atoms with Gasteiger partial charge in [-0.05, 0) is 42.7 Å². The van der Waals surface area contributed by atoms with Gasteiger partial charge < -0.3 is 10.4 Å². The molecule has 1 amide bonds. The summed E-state index contributed by atoms with van der Waals surface area (Å²) in [7, 11) is 0. The Morgan fingerprint density at radius 3 is 2.79 bits per heavy atom. The molecule has 0 spiro atoms. The van der Waals surface area contributed by atoms with Crippen LogP contribution in [0.4, 0.5) is 0 Å². The minimum Gasteiger partial charge on any atom is -0.507 e. The summed E-state index contributed by atoms with van der Waals surface area (Å²) < 4.78 is 0. The van der Waals surface area contributed by atoms with Crippen molar-refractivity contribution in [1.29, 1.82) is 0 Å². The van der Waals surface area contributed by atoms with Crippen molar-refractivity contribution in [3.8, 4) is 5.75 Å². The highest BCUT2D eigenvalue weighted by atomic mass is 16.3. The molecule has 0 radical (unpaired) electrons. The zero-order valence-corrected chi connectivity index (χ0v) is 15.1. The van der Waals surface area contributed by atoms with Gasteiger partial charge >= 0.3 is 0 Å². The number of aryl methyl sites for hydroxylation is 1. The van der Waals surface area contributed by atoms with Gasteiger partial charge in [-0.2, -0.15) is 0 Å². The minimum absolute atomic E-state index is 0.0478. The lowest BCUT2D eigenvalue weighted by Gasteiger charge is -2.30. The number of allylic oxidation sites excluding steroid dienone is 1. The van der Waals surface area contributed by atoms with Crippen molar-refractivity contribution in [2.75, 3.05) is 0 Å². The van der Waals surface area contributed by atoms with E-state index in [0.29, 0.717) is 24.0 Å². The SMILES string of the molecule is C=CC(C)c1cc(C)c2c(c1O)C(NC(=O)CC)C1CCCCC21. The Hall–Kier alpha value is -1.77. The fourth-order valence-electron chi connectivity index (χ4n) is 4.74. The first-order valence-electron chi connectivity index (χ1n) is 9.27. The van der Waals surface area contributed by atoms with Crippen LogP contribution >= 0.6 is 0 Å². The Morgan fingerprint density at radius 1 is 1.42 bits per heavy atom. The molecule has 24 heavy (non-hydrogen) atoms. The number of aromatic hydroxyl groups is 1. The van der Waals surface area contributed by atoms with Crippen molar-refractivity contribution in [3.63, 3.8) is 0 Å². The van der Waals surface area contributed by atoms with Crippen molar-refractivity contribution in [3.05, 3.63) is 41.0 Å². The summed E-state index contributed by atoms with van der Waals surface area (Å²) in [4.78, 5) is 12.1. The molecule has 0 aromatic heterocycles. The third-order valence-corrected chi connectivity index (χ3v) is 6.03. The molecule has 0 aliphatic heterocycles. The summed E-state index contributed by atoms with van der Waals surface area (Å²) in [6, 6.07) is 2.07. The van der Waals surface area contributed by atoms with E-state index in [2.05, 4.69) is 31.8 Å². The van der Waals surface area contributed by atoms with Gasteiger partial charge in [0, 0.05) is 23.5 Å². The first-order valence-corrected chi connectivity index (χ1v) is 9.27. The zero-order chi connectivity index (χ0) is 17.4. The number of hydrogen-bond donors (Lipinski definition) is 2. The summed E-state index contributed by atoms with van der Waals surface area (Å²) in [5.74, 6) is 1.42. The molecule has 2 N–H and O–H groups in total. The number of benzene rings is 1. The Balaban J connectivity index is 2.15. The minimum atomic E-state index is -0.0478. The lowest BCUT2D eigenvalue weighted by molar-refractivity contribution is -0.121. The highest BCUT2D eigenvalue weighted by molar-refractivity contribution is 5.77. The van der Waals surface area contributed by atoms with Gasteiger partial charge in [0.15, 0.2) is 0 Å². The molecule has 1 fully saturated rings. The molecule has 1 aromatic carbocycles. The number of carbonyl (C=O) groups excluding carboxylic acids is 1. The third-order valence-electron chi connectivity index (χ3n) is 6.03. The number of hydrogen-bond acceptors (Lipinski definition) is 2. The van der Waals surface area contributed by atoms with Crippen molar-refractivity contribution >= 4 is 5.91 Å². The highest BCUT2D eigenvalue weighted by Crippen LogP contribution is 2.56. The lowest BCUT2D eigenvalue weighted by Crippen LogP contribution is -2.32. The van der Waals surface area contributed by atoms with Gasteiger partial charge in [-0.1, -0.05) is 38.8 Å². The maximum absolute atomic E-state index is 12.1. The summed E-state index contributed by atoms with van der Waals surface area (Å²) >= 11 is 0. The second kappa shape index (κ2) is 6.62. The van der Waals surface area contributed by atoms with E-state index in [0.717, 1.165) is 24.0 Å². The number of carbonyl (C=O) groups is 1. The largest absolute Gasteiger partial charge is 0.507 e. The number of phenols is 1. The molecule has 130 valence electrons. The molecule has 3 rings (SSSR count). The van der Waals surface area contributed by atoms with E-state index in [9.17, 15) is 9.90 Å². The van der Waals surface area contributed by atoms with Gasteiger partial charge in [-0.15, -0.1) is 6.58 Å². The van der Waals surface area contributed by atoms with Crippen LogP contribution in [0, 0.1) is 12.8 Å². The summed E-state index contributed by atoms with van der Waals surface area (Å²) in [6.45, 7) is 9.95. The molecule has 1 saturated carbocycles. The van der Waals surface area contributed by atoms with Crippen molar-refractivity contribution in [2.24, 2.45) is 5.92 Å². The van der Waals surface area contributed by atoms with Gasteiger partial charge in [0.1, 0.15) is 5.75 Å². The third kappa shape index (κ3) is 2.64. The van der Waals surface area contributed by atoms with E-state index >= 15 is 0 Å². The lowest BCUT2D eigenvalue weighted by atomic mass is 9.77. The first kappa shape index (κ1) is 17.1. The smallest absolute Gasteiger partial charge is 0.220 e. The maximum Gasteiger partial charge on any atom is 0.220 e. The second-order valence-corrected chi connectivity index (χ2v) is 7.44. The van der Waals surface area contributed by atoms with Crippen molar-refractivity contribution in [1.82, 2.24) is 5.32 Å². The Kier molecular flexibility index (Phi) is 4.71. The van der Waals surface area contributed by atoms with Crippen molar-refractivity contribution in [2.45, 2.75) is 70.8 Å². The summed E-state index contributed by atoms with van der Waals surface area (Å²) in [5.41, 5.74) is 4.45. The van der Waals surface area contributed by atoms with Gasteiger partial charge in [-0.3, -0.25) is 4.79 Å². The van der Waals surface area contributed by atoms with Gasteiger partial charge in [0.05, 0.1) is 6.04 Å². The van der Waals surface area contributed by atoms with Crippen LogP contribution < -0.4 is 5.32 Å². The second-order valence-electron chi connectivity index (χ2n) is 7.44. The monoisotopic (exact) mass is 327 g/mol. The predicted molar refractivity (Wildman–Crippen MR) is 97.3 cm³/mol. The van der Waals surface area contributed by atoms with Crippen LogP contribution in [0.2, 0.25) is 0 Å². The van der Waals surface area contributed by atoms with Crippen LogP contribution in [0.5, 0.6) is 5.75 Å². The average Bonchev–Trinajstić information content (AvgIpc) is 2.92. The van der Waals surface area contributed by atoms with Crippen LogP contribution in [-0.4, -0.2) is 11.0 Å². The molecule has 2 aliphatic carbocycles. The molecular formula is C21H29NO2. The molecule has 0 heterocycles. The number of amides is 1. The Morgan fingerprint density at radius 2 is 2.12 bits per heavy atom. The molecule has 0 saturated heterocycles. The quantitative estimate of drug-likeness (QED) is 0.777. The normalized spacial score (nSPS) is 26.4. The molecule has 1 aromatic rings. The maximum atomic E-state index is 12.1. The molecule has 0 bridgehead atoms. The predicted octanol–water partition coefficient (Wildman–Crippen LogP) is 4.84. The molecule has 2 aliphatic rings. The van der Waals surface area contributed by atoms with E-state index in [1.807, 2.05) is 13.0 Å². The standard InChI is InChI=1S/C21H29NO2/c1-5-12(3)16-11-13(4)18-14-9-7-8-10-15(14)20(19(18)21(16)24)22-17(23)6-2/h5,11-12,14-15,20,24H,1,6-10H2,2-4H3,(H,22,23). The van der Waals surface area contributed by atoms with Gasteiger partial charge in [-0.25, -0.2) is 0 Å². The first-order chi connectivity index (χ1) is 11.5. The summed E-state index contributed by atoms with van der Waals surface area (Å²) in [6.07, 6.45) is 7.07. The number of phenolic OH excluding ortho intramolecular Hbond substituents is 1. The molecule has 4 atom stereocenters. The Labute approximate surface area is 145 Å². The van der Waals surface area contributed by atoms with Crippen molar-refractivity contribution < 1.29 is 9.90 Å². The van der Waals surface area contributed by atoms with E-state index in [1.54, 1.807) is 0 Å². The van der Waals surface area contributed by atoms with Crippen LogP contribution in [0.25, 0.3) is 0 Å². The van der Waals surface area contributed by atoms with Gasteiger partial charge in [0.25, 0.3) is 0 Å². The average molecular weight is 327 g/mol. The zero-order valence-electron chi connectivity index (χ0n) is 15.1. The van der Waals surface area contributed by atoms with Crippen LogP contribution in [0.3, 0.4) is 0 Å². The fraction of sp³-hybridized carbons (Fsp3) is 0.571.